The first-order valence-electron chi connectivity index (χ1n) is 8.31. The summed E-state index contributed by atoms with van der Waals surface area (Å²) in [5.74, 6) is -0.425. The zero-order chi connectivity index (χ0) is 18.5. The van der Waals surface area contributed by atoms with Gasteiger partial charge in [0.2, 0.25) is 0 Å². The van der Waals surface area contributed by atoms with E-state index in [1.165, 1.54) is 6.07 Å². The maximum atomic E-state index is 13.7. The number of benzene rings is 2. The number of fused-ring (bicyclic) bond motifs is 1. The molecule has 0 unspecified atom stereocenters. The molecule has 2 aromatic carbocycles. The quantitative estimate of drug-likeness (QED) is 0.579. The normalized spacial score (nSPS) is 10.5. The minimum atomic E-state index is -0.425. The number of nitrogens with zero attached hydrogens (tertiary/aromatic N) is 2. The van der Waals surface area contributed by atoms with Gasteiger partial charge in [0.15, 0.2) is 0 Å². The van der Waals surface area contributed by atoms with Crippen molar-refractivity contribution in [1.82, 2.24) is 9.88 Å². The summed E-state index contributed by atoms with van der Waals surface area (Å²) in [5, 5.41) is 2.34. The highest BCUT2D eigenvalue weighted by Gasteiger charge is 2.12. The number of pyridine rings is 1. The first kappa shape index (κ1) is 21.5. The molecule has 1 heterocycles. The van der Waals surface area contributed by atoms with Crippen LogP contribution in [0, 0.1) is 5.82 Å². The van der Waals surface area contributed by atoms with Crippen LogP contribution >= 0.6 is 36.2 Å². The second kappa shape index (κ2) is 9.95. The summed E-state index contributed by atoms with van der Waals surface area (Å²) in [7, 11) is 0. The molecule has 0 amide bonds. The Balaban J connectivity index is 0.00000261. The molecule has 3 nitrogen and oxygen atoms in total. The Morgan fingerprint density at radius 3 is 2.63 bits per heavy atom. The Labute approximate surface area is 174 Å². The van der Waals surface area contributed by atoms with E-state index in [0.717, 1.165) is 26.9 Å². The molecule has 3 rings (SSSR count). The van der Waals surface area contributed by atoms with E-state index in [4.69, 9.17) is 29.6 Å². The fourth-order valence-electron chi connectivity index (χ4n) is 2.84. The molecular weight excluding hydrogens is 404 g/mol. The first-order chi connectivity index (χ1) is 12.6. The van der Waals surface area contributed by atoms with Crippen LogP contribution in [0.5, 0.6) is 0 Å². The van der Waals surface area contributed by atoms with Gasteiger partial charge in [-0.25, -0.2) is 4.39 Å². The first-order valence-corrected chi connectivity index (χ1v) is 9.10. The van der Waals surface area contributed by atoms with Crippen LogP contribution in [0.1, 0.15) is 11.1 Å². The Kier molecular flexibility index (Phi) is 7.92. The number of nitrogens with two attached hydrogens (primary N) is 1. The smallest absolute Gasteiger partial charge is 0.142 e. The molecule has 0 saturated carbocycles. The van der Waals surface area contributed by atoms with Crippen LogP contribution in [-0.4, -0.2) is 28.0 Å². The highest BCUT2D eigenvalue weighted by atomic mass is 35.5. The van der Waals surface area contributed by atoms with Crippen LogP contribution in [0.2, 0.25) is 5.02 Å². The van der Waals surface area contributed by atoms with Gasteiger partial charge in [-0.3, -0.25) is 4.98 Å². The molecule has 2 N–H and O–H groups in total. The van der Waals surface area contributed by atoms with Crippen molar-refractivity contribution in [3.8, 4) is 0 Å². The number of hydrogen-bond donors (Lipinski definition) is 1. The fourth-order valence-corrected chi connectivity index (χ4v) is 3.28. The lowest BCUT2D eigenvalue weighted by atomic mass is 10.1. The fraction of sp³-hybridized carbons (Fsp3) is 0.200. The predicted molar refractivity (Wildman–Crippen MR) is 116 cm³/mol. The molecule has 0 fully saturated rings. The standard InChI is InChI=1S/C20H19ClFN3S.ClH/c21-18-4-2-15(10-19(18)22)13-25(8-6-23)20(26)11-14-1-3-17-12-24-7-5-16(17)9-14;/h1-5,7,9-10,12H,6,8,11,13,23H2;1H. The van der Waals surface area contributed by atoms with E-state index in [9.17, 15) is 4.39 Å². The minimum Gasteiger partial charge on any atom is -0.360 e. The summed E-state index contributed by atoms with van der Waals surface area (Å²) in [6, 6.07) is 13.0. The zero-order valence-corrected chi connectivity index (χ0v) is 17.0. The molecular formula is C20H20Cl2FN3S. The number of aromatic nitrogens is 1. The summed E-state index contributed by atoms with van der Waals surface area (Å²) >= 11 is 11.4. The number of rotatable bonds is 6. The molecule has 3 aromatic rings. The Morgan fingerprint density at radius 2 is 1.89 bits per heavy atom. The summed E-state index contributed by atoms with van der Waals surface area (Å²) in [4.78, 5) is 6.91. The third kappa shape index (κ3) is 5.59. The van der Waals surface area contributed by atoms with Crippen molar-refractivity contribution in [1.29, 1.82) is 0 Å². The Bertz CT molecular complexity index is 936. The van der Waals surface area contributed by atoms with Gasteiger partial charge in [-0.2, -0.15) is 0 Å². The van der Waals surface area contributed by atoms with Gasteiger partial charge in [-0.05, 0) is 34.7 Å². The van der Waals surface area contributed by atoms with Gasteiger partial charge in [-0.15, -0.1) is 12.4 Å². The van der Waals surface area contributed by atoms with E-state index in [0.29, 0.717) is 26.1 Å². The van der Waals surface area contributed by atoms with E-state index in [1.807, 2.05) is 23.2 Å². The van der Waals surface area contributed by atoms with Gasteiger partial charge in [0.25, 0.3) is 0 Å². The highest BCUT2D eigenvalue weighted by molar-refractivity contribution is 7.80. The number of halogens is 3. The molecule has 0 radical (unpaired) electrons. The molecule has 0 aliphatic rings. The summed E-state index contributed by atoms with van der Waals surface area (Å²) in [6.45, 7) is 1.59. The van der Waals surface area contributed by atoms with Gasteiger partial charge >= 0.3 is 0 Å². The molecule has 0 saturated heterocycles. The van der Waals surface area contributed by atoms with Crippen molar-refractivity contribution in [2.45, 2.75) is 13.0 Å². The van der Waals surface area contributed by atoms with Crippen LogP contribution in [-0.2, 0) is 13.0 Å². The molecule has 1 aromatic heterocycles. The summed E-state index contributed by atoms with van der Waals surface area (Å²) in [6.07, 6.45) is 4.25. The van der Waals surface area contributed by atoms with Crippen LogP contribution in [0.4, 0.5) is 4.39 Å². The average Bonchev–Trinajstić information content (AvgIpc) is 2.64. The largest absolute Gasteiger partial charge is 0.360 e. The molecule has 0 spiro atoms. The Morgan fingerprint density at radius 1 is 1.11 bits per heavy atom. The van der Waals surface area contributed by atoms with Crippen LogP contribution < -0.4 is 5.73 Å². The molecule has 0 bridgehead atoms. The van der Waals surface area contributed by atoms with Crippen LogP contribution in [0.15, 0.2) is 54.9 Å². The Hall–Kier alpha value is -1.79. The van der Waals surface area contributed by atoms with E-state index >= 15 is 0 Å². The highest BCUT2D eigenvalue weighted by Crippen LogP contribution is 2.19. The molecule has 0 atom stereocenters. The third-order valence-electron chi connectivity index (χ3n) is 4.17. The van der Waals surface area contributed by atoms with Gasteiger partial charge in [0, 0.05) is 43.8 Å². The molecule has 0 aliphatic heterocycles. The lowest BCUT2D eigenvalue weighted by molar-refractivity contribution is 0.423. The molecule has 0 aliphatic carbocycles. The number of thiocarbonyl (C=S) groups is 1. The van der Waals surface area contributed by atoms with Crippen molar-refractivity contribution in [3.63, 3.8) is 0 Å². The van der Waals surface area contributed by atoms with Gasteiger partial charge in [0.05, 0.1) is 10.0 Å². The third-order valence-corrected chi connectivity index (χ3v) is 4.88. The average molecular weight is 424 g/mol. The van der Waals surface area contributed by atoms with Crippen molar-refractivity contribution in [2.24, 2.45) is 5.73 Å². The lowest BCUT2D eigenvalue weighted by Gasteiger charge is -2.25. The maximum absolute atomic E-state index is 13.7. The number of hydrogen-bond acceptors (Lipinski definition) is 3. The van der Waals surface area contributed by atoms with Gasteiger partial charge in [-0.1, -0.05) is 48.1 Å². The van der Waals surface area contributed by atoms with E-state index < -0.39 is 5.82 Å². The zero-order valence-electron chi connectivity index (χ0n) is 14.6. The molecule has 7 heteroatoms. The SMILES string of the molecule is Cl.NCCN(Cc1ccc(Cl)c(F)c1)C(=S)Cc1ccc2cnccc2c1. The second-order valence-corrected chi connectivity index (χ2v) is 6.96. The van der Waals surface area contributed by atoms with Crippen molar-refractivity contribution < 1.29 is 4.39 Å². The second-order valence-electron chi connectivity index (χ2n) is 6.09. The van der Waals surface area contributed by atoms with E-state index in [-0.39, 0.29) is 17.4 Å². The monoisotopic (exact) mass is 423 g/mol. The topological polar surface area (TPSA) is 42.1 Å². The lowest BCUT2D eigenvalue weighted by Crippen LogP contribution is -2.34. The molecule has 142 valence electrons. The minimum absolute atomic E-state index is 0. The summed E-state index contributed by atoms with van der Waals surface area (Å²) < 4.78 is 13.7. The molecule has 27 heavy (non-hydrogen) atoms. The van der Waals surface area contributed by atoms with E-state index in [1.54, 1.807) is 18.3 Å². The summed E-state index contributed by atoms with van der Waals surface area (Å²) in [5.41, 5.74) is 7.67. The van der Waals surface area contributed by atoms with Crippen molar-refractivity contribution >= 4 is 52.0 Å². The maximum Gasteiger partial charge on any atom is 0.142 e. The van der Waals surface area contributed by atoms with Gasteiger partial charge in [0.1, 0.15) is 5.82 Å². The van der Waals surface area contributed by atoms with Crippen molar-refractivity contribution in [2.75, 3.05) is 13.1 Å². The predicted octanol–water partition coefficient (Wildman–Crippen LogP) is 4.78. The van der Waals surface area contributed by atoms with Gasteiger partial charge < -0.3 is 10.6 Å². The van der Waals surface area contributed by atoms with Crippen LogP contribution in [0.25, 0.3) is 10.8 Å². The van der Waals surface area contributed by atoms with Crippen molar-refractivity contribution in [3.05, 3.63) is 76.8 Å². The van der Waals surface area contributed by atoms with Crippen LogP contribution in [0.3, 0.4) is 0 Å². The van der Waals surface area contributed by atoms with E-state index in [2.05, 4.69) is 17.1 Å².